The van der Waals surface area contributed by atoms with Gasteiger partial charge in [0.15, 0.2) is 11.5 Å². The van der Waals surface area contributed by atoms with Crippen molar-refractivity contribution in [1.82, 2.24) is 4.31 Å². The molecule has 0 aromatic heterocycles. The fourth-order valence-electron chi connectivity index (χ4n) is 3.41. The van der Waals surface area contributed by atoms with E-state index in [0.29, 0.717) is 30.4 Å². The second-order valence-corrected chi connectivity index (χ2v) is 9.69. The number of hydrogen-bond acceptors (Lipinski definition) is 5. The summed E-state index contributed by atoms with van der Waals surface area (Å²) in [5.41, 5.74) is 2.20. The normalized spacial score (nSPS) is 11.3. The zero-order valence-corrected chi connectivity index (χ0v) is 20.5. The fraction of sp³-hybridized carbons (Fsp3) is 0.269. The Hall–Kier alpha value is -3.36. The summed E-state index contributed by atoms with van der Waals surface area (Å²) in [6.45, 7) is 5.07. The van der Waals surface area contributed by atoms with Gasteiger partial charge in [-0.3, -0.25) is 4.79 Å². The number of hydrogen-bond donors (Lipinski definition) is 1. The molecule has 0 unspecified atom stereocenters. The van der Waals surface area contributed by atoms with Crippen molar-refractivity contribution in [3.8, 4) is 11.5 Å². The quantitative estimate of drug-likeness (QED) is 0.435. The van der Waals surface area contributed by atoms with Crippen molar-refractivity contribution in [3.05, 3.63) is 83.9 Å². The molecule has 0 saturated carbocycles. The van der Waals surface area contributed by atoms with E-state index < -0.39 is 10.0 Å². The van der Waals surface area contributed by atoms with E-state index in [2.05, 4.69) is 5.32 Å². The molecule has 0 fully saturated rings. The number of nitrogens with zero attached hydrogens (tertiary/aromatic N) is 1. The van der Waals surface area contributed by atoms with Crippen molar-refractivity contribution < 1.29 is 22.7 Å². The van der Waals surface area contributed by atoms with Crippen LogP contribution in [0.2, 0.25) is 0 Å². The molecule has 0 aliphatic heterocycles. The van der Waals surface area contributed by atoms with Gasteiger partial charge in [-0.15, -0.1) is 0 Å². The van der Waals surface area contributed by atoms with Gasteiger partial charge in [-0.25, -0.2) is 8.42 Å². The lowest BCUT2D eigenvalue weighted by Gasteiger charge is -2.17. The number of carbonyl (C=O) groups excluding carboxylic acids is 1. The zero-order valence-electron chi connectivity index (χ0n) is 19.7. The summed E-state index contributed by atoms with van der Waals surface area (Å²) < 4.78 is 38.2. The Labute approximate surface area is 201 Å². The van der Waals surface area contributed by atoms with Gasteiger partial charge in [0.1, 0.15) is 0 Å². The van der Waals surface area contributed by atoms with Crippen LogP contribution in [0.4, 0.5) is 5.69 Å². The minimum Gasteiger partial charge on any atom is -0.490 e. The molecule has 0 saturated heterocycles. The van der Waals surface area contributed by atoms with Crippen LogP contribution in [0.15, 0.2) is 77.7 Å². The highest BCUT2D eigenvalue weighted by Gasteiger charge is 2.21. The predicted molar refractivity (Wildman–Crippen MR) is 133 cm³/mol. The van der Waals surface area contributed by atoms with Crippen LogP contribution in [0.3, 0.4) is 0 Å². The van der Waals surface area contributed by atoms with Gasteiger partial charge in [-0.1, -0.05) is 36.4 Å². The molecule has 0 aliphatic carbocycles. The molecular weight excluding hydrogens is 452 g/mol. The first-order valence-corrected chi connectivity index (χ1v) is 12.6. The summed E-state index contributed by atoms with van der Waals surface area (Å²) in [6.07, 6.45) is 0.145. The minimum absolute atomic E-state index is 0.145. The fourth-order valence-corrected chi connectivity index (χ4v) is 4.57. The number of carbonyl (C=O) groups is 1. The topological polar surface area (TPSA) is 84.9 Å². The van der Waals surface area contributed by atoms with E-state index in [1.807, 2.05) is 50.2 Å². The van der Waals surface area contributed by atoms with E-state index in [0.717, 1.165) is 11.1 Å². The summed E-state index contributed by atoms with van der Waals surface area (Å²) in [6, 6.07) is 21.0. The van der Waals surface area contributed by atoms with Crippen molar-refractivity contribution in [1.29, 1.82) is 0 Å². The van der Waals surface area contributed by atoms with E-state index >= 15 is 0 Å². The van der Waals surface area contributed by atoms with E-state index in [1.54, 1.807) is 31.3 Å². The molecule has 0 heterocycles. The largest absolute Gasteiger partial charge is 0.490 e. The summed E-state index contributed by atoms with van der Waals surface area (Å²) in [4.78, 5) is 12.7. The average molecular weight is 483 g/mol. The van der Waals surface area contributed by atoms with Crippen LogP contribution in [0, 0.1) is 0 Å². The van der Waals surface area contributed by atoms with Crippen LogP contribution in [0.1, 0.15) is 25.0 Å². The van der Waals surface area contributed by atoms with Crippen LogP contribution >= 0.6 is 0 Å². The number of anilines is 1. The smallest absolute Gasteiger partial charge is 0.243 e. The van der Waals surface area contributed by atoms with Crippen LogP contribution in [0.25, 0.3) is 0 Å². The number of amides is 1. The molecule has 0 aliphatic rings. The molecule has 3 aromatic rings. The first-order chi connectivity index (χ1) is 16.3. The van der Waals surface area contributed by atoms with E-state index in [-0.39, 0.29) is 23.8 Å². The Kier molecular flexibility index (Phi) is 8.67. The third kappa shape index (κ3) is 6.59. The molecule has 1 N–H and O–H groups in total. The molecule has 7 nitrogen and oxygen atoms in total. The summed E-state index contributed by atoms with van der Waals surface area (Å²) in [5.74, 6) is 1.02. The number of sulfonamides is 1. The summed E-state index contributed by atoms with van der Waals surface area (Å²) in [7, 11) is -2.11. The zero-order chi connectivity index (χ0) is 24.6. The maximum absolute atomic E-state index is 12.9. The molecule has 3 rings (SSSR count). The lowest BCUT2D eigenvalue weighted by atomic mass is 10.1. The van der Waals surface area contributed by atoms with Crippen LogP contribution in [0.5, 0.6) is 11.5 Å². The molecule has 3 aromatic carbocycles. The second-order valence-electron chi connectivity index (χ2n) is 7.64. The van der Waals surface area contributed by atoms with Gasteiger partial charge in [0, 0.05) is 19.3 Å². The molecule has 0 bridgehead atoms. The molecule has 0 atom stereocenters. The second kappa shape index (κ2) is 11.7. The number of rotatable bonds is 11. The van der Waals surface area contributed by atoms with Gasteiger partial charge < -0.3 is 14.8 Å². The van der Waals surface area contributed by atoms with Gasteiger partial charge in [0.2, 0.25) is 15.9 Å². The third-order valence-electron chi connectivity index (χ3n) is 5.07. The Morgan fingerprint density at radius 3 is 2.15 bits per heavy atom. The van der Waals surface area contributed by atoms with Gasteiger partial charge >= 0.3 is 0 Å². The van der Waals surface area contributed by atoms with E-state index in [9.17, 15) is 13.2 Å². The molecule has 34 heavy (non-hydrogen) atoms. The molecule has 8 heteroatoms. The highest BCUT2D eigenvalue weighted by molar-refractivity contribution is 7.89. The number of benzene rings is 3. The Bertz CT molecular complexity index is 1200. The first-order valence-electron chi connectivity index (χ1n) is 11.1. The van der Waals surface area contributed by atoms with Gasteiger partial charge in [-0.2, -0.15) is 4.31 Å². The van der Waals surface area contributed by atoms with Crippen molar-refractivity contribution in [2.24, 2.45) is 0 Å². The van der Waals surface area contributed by atoms with Gasteiger partial charge in [-0.05, 0) is 61.4 Å². The lowest BCUT2D eigenvalue weighted by Crippen LogP contribution is -2.26. The number of ether oxygens (including phenoxy) is 2. The highest BCUT2D eigenvalue weighted by Crippen LogP contribution is 2.29. The SMILES string of the molecule is CCOc1ccc(CC(=O)Nc2ccc(S(=O)(=O)N(C)Cc3ccccc3)cc2)cc1OCC. The Morgan fingerprint density at radius 2 is 1.50 bits per heavy atom. The maximum atomic E-state index is 12.9. The van der Waals surface area contributed by atoms with Crippen molar-refractivity contribution in [2.45, 2.75) is 31.7 Å². The maximum Gasteiger partial charge on any atom is 0.243 e. The first kappa shape index (κ1) is 25.3. The van der Waals surface area contributed by atoms with Crippen molar-refractivity contribution in [2.75, 3.05) is 25.6 Å². The molecule has 0 radical (unpaired) electrons. The van der Waals surface area contributed by atoms with Crippen molar-refractivity contribution in [3.63, 3.8) is 0 Å². The van der Waals surface area contributed by atoms with Crippen LogP contribution < -0.4 is 14.8 Å². The molecule has 0 spiro atoms. The van der Waals surface area contributed by atoms with Crippen LogP contribution in [-0.2, 0) is 27.8 Å². The molecule has 180 valence electrons. The van der Waals surface area contributed by atoms with Gasteiger partial charge in [0.25, 0.3) is 0 Å². The summed E-state index contributed by atoms with van der Waals surface area (Å²) >= 11 is 0. The number of nitrogens with one attached hydrogen (secondary N) is 1. The van der Waals surface area contributed by atoms with Gasteiger partial charge in [0.05, 0.1) is 24.5 Å². The summed E-state index contributed by atoms with van der Waals surface area (Å²) in [5, 5.41) is 2.81. The Morgan fingerprint density at radius 1 is 0.853 bits per heavy atom. The predicted octanol–water partition coefficient (Wildman–Crippen LogP) is 4.49. The lowest BCUT2D eigenvalue weighted by molar-refractivity contribution is -0.115. The average Bonchev–Trinajstić information content (AvgIpc) is 2.82. The highest BCUT2D eigenvalue weighted by atomic mass is 32.2. The third-order valence-corrected chi connectivity index (χ3v) is 6.88. The monoisotopic (exact) mass is 482 g/mol. The van der Waals surface area contributed by atoms with E-state index in [4.69, 9.17) is 9.47 Å². The molecule has 1 amide bonds. The molecular formula is C26H30N2O5S. The standard InChI is InChI=1S/C26H30N2O5S/c1-4-32-24-16-11-21(17-25(24)33-5-2)18-26(29)27-22-12-14-23(15-13-22)34(30,31)28(3)19-20-9-7-6-8-10-20/h6-17H,4-5,18-19H2,1-3H3,(H,27,29). The van der Waals surface area contributed by atoms with Crippen molar-refractivity contribution >= 4 is 21.6 Å². The van der Waals surface area contributed by atoms with Crippen LogP contribution in [-0.4, -0.2) is 38.9 Å². The van der Waals surface area contributed by atoms with E-state index in [1.165, 1.54) is 16.4 Å². The Balaban J connectivity index is 1.64. The minimum atomic E-state index is -3.66.